The molecule has 1 aliphatic heterocycles. The molecule has 0 bridgehead atoms. The first-order valence-electron chi connectivity index (χ1n) is 11.4. The van der Waals surface area contributed by atoms with Crippen molar-refractivity contribution in [3.05, 3.63) is 105 Å². The number of ether oxygens (including phenoxy) is 1. The first kappa shape index (κ1) is 22.4. The Balaban J connectivity index is 1.68. The number of benzene rings is 3. The number of fused-ring (bicyclic) bond motifs is 2. The van der Waals surface area contributed by atoms with Gasteiger partial charge in [-0.1, -0.05) is 42.8 Å². The number of amides is 2. The summed E-state index contributed by atoms with van der Waals surface area (Å²) in [4.78, 5) is 40.0. The lowest BCUT2D eigenvalue weighted by molar-refractivity contribution is -0.119. The summed E-state index contributed by atoms with van der Waals surface area (Å²) in [5.74, 6) is -0.448. The molecule has 35 heavy (non-hydrogen) atoms. The highest BCUT2D eigenvalue weighted by atomic mass is 16.5. The van der Waals surface area contributed by atoms with Crippen molar-refractivity contribution in [2.75, 3.05) is 11.5 Å². The minimum absolute atomic E-state index is 0.0463. The highest BCUT2D eigenvalue weighted by molar-refractivity contribution is 6.10. The first-order valence-corrected chi connectivity index (χ1v) is 11.4. The number of rotatable bonds is 6. The fourth-order valence-electron chi connectivity index (χ4n) is 4.46. The molecule has 7 nitrogen and oxygen atoms in total. The molecular formula is C28H24N2O5. The Morgan fingerprint density at radius 3 is 2.40 bits per heavy atom. The normalized spacial score (nSPS) is 14.9. The molecule has 1 aliphatic rings. The second kappa shape index (κ2) is 8.76. The van der Waals surface area contributed by atoms with Crippen LogP contribution in [0.2, 0.25) is 0 Å². The van der Waals surface area contributed by atoms with E-state index in [0.717, 1.165) is 17.5 Å². The van der Waals surface area contributed by atoms with Crippen LogP contribution in [0.1, 0.15) is 45.8 Å². The van der Waals surface area contributed by atoms with Crippen LogP contribution >= 0.6 is 0 Å². The van der Waals surface area contributed by atoms with Crippen LogP contribution in [0.15, 0.2) is 75.9 Å². The monoisotopic (exact) mass is 468 g/mol. The number of aryl methyl sites for hydroxylation is 2. The quantitative estimate of drug-likeness (QED) is 0.455. The number of nitrogens with two attached hydrogens (primary N) is 1. The highest BCUT2D eigenvalue weighted by Gasteiger charge is 2.43. The van der Waals surface area contributed by atoms with Crippen molar-refractivity contribution in [2.45, 2.75) is 26.3 Å². The van der Waals surface area contributed by atoms with Crippen LogP contribution in [0, 0.1) is 6.92 Å². The predicted octanol–water partition coefficient (Wildman–Crippen LogP) is 4.28. The summed E-state index contributed by atoms with van der Waals surface area (Å²) in [5.41, 5.74) is 9.05. The van der Waals surface area contributed by atoms with Gasteiger partial charge in [0.25, 0.3) is 11.8 Å². The summed E-state index contributed by atoms with van der Waals surface area (Å²) >= 11 is 0. The molecule has 5 rings (SSSR count). The fourth-order valence-corrected chi connectivity index (χ4v) is 4.46. The lowest BCUT2D eigenvalue weighted by Gasteiger charge is -2.25. The van der Waals surface area contributed by atoms with E-state index >= 15 is 0 Å². The lowest BCUT2D eigenvalue weighted by Crippen LogP contribution is -2.29. The maximum absolute atomic E-state index is 13.7. The third-order valence-corrected chi connectivity index (χ3v) is 6.23. The molecule has 0 fully saturated rings. The van der Waals surface area contributed by atoms with Gasteiger partial charge in [-0.15, -0.1) is 0 Å². The first-order chi connectivity index (χ1) is 16.9. The van der Waals surface area contributed by atoms with Crippen molar-refractivity contribution in [3.63, 3.8) is 0 Å². The molecule has 0 radical (unpaired) electrons. The summed E-state index contributed by atoms with van der Waals surface area (Å²) in [5, 5.41) is 0.436. The molecule has 2 heterocycles. The van der Waals surface area contributed by atoms with Crippen LogP contribution in [-0.2, 0) is 11.2 Å². The average Bonchev–Trinajstić information content (AvgIpc) is 3.16. The van der Waals surface area contributed by atoms with Gasteiger partial charge in [0.15, 0.2) is 12.0 Å². The zero-order valence-corrected chi connectivity index (χ0v) is 19.4. The maximum atomic E-state index is 13.7. The third kappa shape index (κ3) is 3.95. The van der Waals surface area contributed by atoms with Gasteiger partial charge in [0.05, 0.1) is 17.0 Å². The lowest BCUT2D eigenvalue weighted by atomic mass is 9.97. The van der Waals surface area contributed by atoms with Gasteiger partial charge in [0.1, 0.15) is 11.3 Å². The Bertz CT molecular complexity index is 1500. The number of nitrogens with zero attached hydrogens (tertiary/aromatic N) is 1. The number of anilines is 1. The molecule has 176 valence electrons. The predicted molar refractivity (Wildman–Crippen MR) is 133 cm³/mol. The van der Waals surface area contributed by atoms with Crippen molar-refractivity contribution in [1.29, 1.82) is 0 Å². The molecule has 2 N–H and O–H groups in total. The van der Waals surface area contributed by atoms with Gasteiger partial charge in [-0.05, 0) is 60.9 Å². The minimum Gasteiger partial charge on any atom is -0.484 e. The Labute approximate surface area is 201 Å². The van der Waals surface area contributed by atoms with E-state index in [2.05, 4.69) is 6.92 Å². The van der Waals surface area contributed by atoms with Crippen molar-refractivity contribution in [3.8, 4) is 5.75 Å². The van der Waals surface area contributed by atoms with E-state index in [9.17, 15) is 14.4 Å². The molecule has 7 heteroatoms. The molecule has 1 atom stereocenters. The zero-order chi connectivity index (χ0) is 24.7. The Hall–Kier alpha value is -4.39. The van der Waals surface area contributed by atoms with Gasteiger partial charge in [-0.25, -0.2) is 0 Å². The Morgan fingerprint density at radius 2 is 1.74 bits per heavy atom. The van der Waals surface area contributed by atoms with Crippen LogP contribution in [0.5, 0.6) is 5.75 Å². The summed E-state index contributed by atoms with van der Waals surface area (Å²) in [6, 6.07) is 19.3. The molecular weight excluding hydrogens is 444 g/mol. The minimum atomic E-state index is -0.684. The standard InChI is InChI=1S/C28H24N2O5/c1-3-17-5-9-19(10-6-17)30-25(18-7-11-20(12-8-18)34-15-23(29)31)24-26(32)21-14-16(2)4-13-22(21)35-27(24)28(30)33/h4-14,25H,3,15H2,1-2H3,(H2,29,31). The molecule has 3 aromatic carbocycles. The topological polar surface area (TPSA) is 103 Å². The summed E-state index contributed by atoms with van der Waals surface area (Å²) in [6.07, 6.45) is 0.870. The Kier molecular flexibility index (Phi) is 5.61. The van der Waals surface area contributed by atoms with E-state index in [0.29, 0.717) is 33.5 Å². The van der Waals surface area contributed by atoms with Gasteiger partial charge in [0, 0.05) is 5.69 Å². The summed E-state index contributed by atoms with van der Waals surface area (Å²) < 4.78 is 11.4. The zero-order valence-electron chi connectivity index (χ0n) is 19.4. The Morgan fingerprint density at radius 1 is 1.03 bits per heavy atom. The van der Waals surface area contributed by atoms with E-state index < -0.39 is 11.9 Å². The third-order valence-electron chi connectivity index (χ3n) is 6.23. The molecule has 1 aromatic heterocycles. The van der Waals surface area contributed by atoms with Crippen LogP contribution < -0.4 is 20.8 Å². The SMILES string of the molecule is CCc1ccc(N2C(=O)c3oc4ccc(C)cc4c(=O)c3C2c2ccc(OCC(N)=O)cc2)cc1. The molecule has 0 saturated heterocycles. The van der Waals surface area contributed by atoms with Crippen molar-refractivity contribution < 1.29 is 18.7 Å². The molecule has 0 spiro atoms. The average molecular weight is 469 g/mol. The second-order valence-electron chi connectivity index (χ2n) is 8.60. The van der Waals surface area contributed by atoms with Crippen molar-refractivity contribution in [1.82, 2.24) is 0 Å². The molecule has 2 amide bonds. The van der Waals surface area contributed by atoms with Gasteiger partial charge < -0.3 is 14.9 Å². The van der Waals surface area contributed by atoms with E-state index in [1.807, 2.05) is 37.3 Å². The molecule has 4 aromatic rings. The second-order valence-corrected chi connectivity index (χ2v) is 8.60. The van der Waals surface area contributed by atoms with Crippen molar-refractivity contribution >= 4 is 28.5 Å². The van der Waals surface area contributed by atoms with Gasteiger partial charge in [-0.3, -0.25) is 19.3 Å². The van der Waals surface area contributed by atoms with Crippen LogP contribution in [0.3, 0.4) is 0 Å². The van der Waals surface area contributed by atoms with Crippen LogP contribution in [0.25, 0.3) is 11.0 Å². The number of hydrogen-bond donors (Lipinski definition) is 1. The molecule has 0 saturated carbocycles. The largest absolute Gasteiger partial charge is 0.484 e. The van der Waals surface area contributed by atoms with E-state index in [1.165, 1.54) is 0 Å². The number of primary amides is 1. The maximum Gasteiger partial charge on any atom is 0.295 e. The number of carbonyl (C=O) groups is 2. The van der Waals surface area contributed by atoms with Gasteiger partial charge >= 0.3 is 0 Å². The van der Waals surface area contributed by atoms with E-state index in [-0.39, 0.29) is 23.7 Å². The van der Waals surface area contributed by atoms with Crippen LogP contribution in [-0.4, -0.2) is 18.4 Å². The van der Waals surface area contributed by atoms with Crippen molar-refractivity contribution in [2.24, 2.45) is 5.73 Å². The molecule has 1 unspecified atom stereocenters. The van der Waals surface area contributed by atoms with E-state index in [1.54, 1.807) is 41.3 Å². The summed E-state index contributed by atoms with van der Waals surface area (Å²) in [7, 11) is 0. The summed E-state index contributed by atoms with van der Waals surface area (Å²) in [6.45, 7) is 3.72. The van der Waals surface area contributed by atoms with Gasteiger partial charge in [-0.2, -0.15) is 0 Å². The number of hydrogen-bond acceptors (Lipinski definition) is 5. The molecule has 0 aliphatic carbocycles. The smallest absolute Gasteiger partial charge is 0.295 e. The van der Waals surface area contributed by atoms with Gasteiger partial charge in [0.2, 0.25) is 5.76 Å². The van der Waals surface area contributed by atoms with Crippen LogP contribution in [0.4, 0.5) is 5.69 Å². The highest BCUT2D eigenvalue weighted by Crippen LogP contribution is 2.41. The fraction of sp³-hybridized carbons (Fsp3) is 0.179. The van der Waals surface area contributed by atoms with E-state index in [4.69, 9.17) is 14.9 Å². The number of carbonyl (C=O) groups excluding carboxylic acids is 2.